The van der Waals surface area contributed by atoms with Gasteiger partial charge in [0.1, 0.15) is 11.3 Å². The van der Waals surface area contributed by atoms with Crippen LogP contribution in [0, 0.1) is 0 Å². The highest BCUT2D eigenvalue weighted by atomic mass is 32.1. The maximum absolute atomic E-state index is 12.3. The molecule has 1 fully saturated rings. The van der Waals surface area contributed by atoms with Crippen molar-refractivity contribution >= 4 is 22.2 Å². The summed E-state index contributed by atoms with van der Waals surface area (Å²) in [5.41, 5.74) is 2.01. The van der Waals surface area contributed by atoms with Gasteiger partial charge in [0.05, 0.1) is 6.42 Å². The Labute approximate surface area is 143 Å². The third-order valence-electron chi connectivity index (χ3n) is 4.40. The zero-order valence-electron chi connectivity index (χ0n) is 13.3. The highest BCUT2D eigenvalue weighted by Crippen LogP contribution is 2.25. The fraction of sp³-hybridized carbons (Fsp3) is 0.412. The first-order valence-corrected chi connectivity index (χ1v) is 9.15. The number of aromatic nitrogens is 4. The Morgan fingerprint density at radius 3 is 3.00 bits per heavy atom. The largest absolute Gasteiger partial charge is 0.353 e. The molecule has 0 spiro atoms. The van der Waals surface area contributed by atoms with Gasteiger partial charge < -0.3 is 5.32 Å². The summed E-state index contributed by atoms with van der Waals surface area (Å²) in [6, 6.07) is 8.36. The topological polar surface area (TPSA) is 72.2 Å². The average molecular weight is 341 g/mol. The van der Waals surface area contributed by atoms with Gasteiger partial charge in [0.2, 0.25) is 10.9 Å². The number of hydrogen-bond acceptors (Lipinski definition) is 5. The lowest BCUT2D eigenvalue weighted by atomic mass is 9.95. The first kappa shape index (κ1) is 15.3. The minimum atomic E-state index is 0.109. The zero-order valence-corrected chi connectivity index (χ0v) is 14.1. The number of carbonyl (C=O) groups is 1. The smallest absolute Gasteiger partial charge is 0.234 e. The standard InChI is InChI=1S/C17H19N5OS/c23-15(19-14-7-2-1-3-8-14)10-12-5-4-6-13(9-12)16-21-22-11-18-20-17(22)24-16/h4-6,9,11,14H,1-3,7-8,10H2,(H,19,23). The number of amides is 1. The Morgan fingerprint density at radius 2 is 2.17 bits per heavy atom. The molecule has 0 aliphatic heterocycles. The van der Waals surface area contributed by atoms with E-state index >= 15 is 0 Å². The molecule has 6 nitrogen and oxygen atoms in total. The van der Waals surface area contributed by atoms with Crippen molar-refractivity contribution in [2.75, 3.05) is 0 Å². The Balaban J connectivity index is 1.46. The molecule has 0 saturated heterocycles. The van der Waals surface area contributed by atoms with E-state index in [-0.39, 0.29) is 5.91 Å². The molecule has 2 aromatic heterocycles. The van der Waals surface area contributed by atoms with Crippen LogP contribution >= 0.6 is 11.3 Å². The van der Waals surface area contributed by atoms with Gasteiger partial charge in [-0.25, -0.2) is 0 Å². The molecule has 3 aromatic rings. The molecule has 0 atom stereocenters. The molecule has 1 saturated carbocycles. The maximum Gasteiger partial charge on any atom is 0.234 e. The molecule has 1 aromatic carbocycles. The van der Waals surface area contributed by atoms with E-state index in [0.717, 1.165) is 33.9 Å². The maximum atomic E-state index is 12.3. The summed E-state index contributed by atoms with van der Waals surface area (Å²) in [7, 11) is 0. The van der Waals surface area contributed by atoms with Gasteiger partial charge in [-0.05, 0) is 24.5 Å². The van der Waals surface area contributed by atoms with Crippen LogP contribution in [-0.4, -0.2) is 31.8 Å². The van der Waals surface area contributed by atoms with E-state index in [1.807, 2.05) is 24.3 Å². The van der Waals surface area contributed by atoms with Crippen molar-refractivity contribution in [3.8, 4) is 10.6 Å². The van der Waals surface area contributed by atoms with Crippen molar-refractivity contribution in [2.45, 2.75) is 44.6 Å². The second kappa shape index (κ2) is 6.68. The minimum absolute atomic E-state index is 0.109. The molecular formula is C17H19N5OS. The van der Waals surface area contributed by atoms with Gasteiger partial charge in [0, 0.05) is 11.6 Å². The second-order valence-electron chi connectivity index (χ2n) is 6.24. The Morgan fingerprint density at radius 1 is 1.29 bits per heavy atom. The fourth-order valence-electron chi connectivity index (χ4n) is 3.20. The SMILES string of the molecule is O=C(Cc1cccc(-c2nn3cnnc3s2)c1)NC1CCCCC1. The van der Waals surface area contributed by atoms with Crippen LogP contribution in [0.5, 0.6) is 0 Å². The minimum Gasteiger partial charge on any atom is -0.353 e. The molecule has 124 valence electrons. The Hall–Kier alpha value is -2.28. The van der Waals surface area contributed by atoms with Crippen molar-refractivity contribution in [3.05, 3.63) is 36.2 Å². The molecular weight excluding hydrogens is 322 g/mol. The average Bonchev–Trinajstić information content (AvgIpc) is 3.17. The predicted octanol–water partition coefficient (Wildman–Crippen LogP) is 2.84. The second-order valence-corrected chi connectivity index (χ2v) is 7.20. The molecule has 1 aliphatic carbocycles. The van der Waals surface area contributed by atoms with Gasteiger partial charge in [-0.3, -0.25) is 4.79 Å². The molecule has 2 heterocycles. The first-order valence-electron chi connectivity index (χ1n) is 8.33. The number of nitrogens with one attached hydrogen (secondary N) is 1. The number of fused-ring (bicyclic) bond motifs is 1. The zero-order chi connectivity index (χ0) is 16.4. The number of carbonyl (C=O) groups excluding carboxylic acids is 1. The number of benzene rings is 1. The highest BCUT2D eigenvalue weighted by molar-refractivity contribution is 7.19. The van der Waals surface area contributed by atoms with Crippen molar-refractivity contribution in [1.82, 2.24) is 25.1 Å². The van der Waals surface area contributed by atoms with E-state index in [4.69, 9.17) is 0 Å². The van der Waals surface area contributed by atoms with E-state index in [1.54, 1.807) is 10.8 Å². The van der Waals surface area contributed by atoms with Crippen LogP contribution in [0.1, 0.15) is 37.7 Å². The Bertz CT molecular complexity index is 821. The van der Waals surface area contributed by atoms with Crippen LogP contribution in [0.3, 0.4) is 0 Å². The van der Waals surface area contributed by atoms with Crippen molar-refractivity contribution in [3.63, 3.8) is 0 Å². The molecule has 0 radical (unpaired) electrons. The predicted molar refractivity (Wildman–Crippen MR) is 92.8 cm³/mol. The molecule has 1 aliphatic rings. The van der Waals surface area contributed by atoms with Gasteiger partial charge in [-0.15, -0.1) is 10.2 Å². The lowest BCUT2D eigenvalue weighted by Gasteiger charge is -2.22. The van der Waals surface area contributed by atoms with E-state index < -0.39 is 0 Å². The molecule has 0 bridgehead atoms. The lowest BCUT2D eigenvalue weighted by molar-refractivity contribution is -0.121. The molecule has 24 heavy (non-hydrogen) atoms. The van der Waals surface area contributed by atoms with Gasteiger partial charge >= 0.3 is 0 Å². The van der Waals surface area contributed by atoms with Gasteiger partial charge in [-0.2, -0.15) is 9.61 Å². The van der Waals surface area contributed by atoms with E-state index in [2.05, 4.69) is 20.6 Å². The summed E-state index contributed by atoms with van der Waals surface area (Å²) < 4.78 is 1.67. The molecule has 4 rings (SSSR count). The van der Waals surface area contributed by atoms with Gasteiger partial charge in [0.25, 0.3) is 0 Å². The Kier molecular flexibility index (Phi) is 4.25. The first-order chi connectivity index (χ1) is 11.8. The third kappa shape index (κ3) is 3.31. The quantitative estimate of drug-likeness (QED) is 0.792. The third-order valence-corrected chi connectivity index (χ3v) is 5.36. The normalized spacial score (nSPS) is 15.7. The van der Waals surface area contributed by atoms with Crippen LogP contribution in [0.2, 0.25) is 0 Å². The lowest BCUT2D eigenvalue weighted by Crippen LogP contribution is -2.37. The summed E-state index contributed by atoms with van der Waals surface area (Å²) in [4.78, 5) is 13.1. The van der Waals surface area contributed by atoms with Gasteiger partial charge in [0.15, 0.2) is 0 Å². The number of nitrogens with zero attached hydrogens (tertiary/aromatic N) is 4. The van der Waals surface area contributed by atoms with Crippen molar-refractivity contribution < 1.29 is 4.79 Å². The van der Waals surface area contributed by atoms with Crippen molar-refractivity contribution in [2.24, 2.45) is 0 Å². The molecule has 0 unspecified atom stereocenters. The summed E-state index contributed by atoms with van der Waals surface area (Å²) in [6.45, 7) is 0. The van der Waals surface area contributed by atoms with Crippen LogP contribution in [0.4, 0.5) is 0 Å². The van der Waals surface area contributed by atoms with E-state index in [0.29, 0.717) is 12.5 Å². The summed E-state index contributed by atoms with van der Waals surface area (Å²) >= 11 is 1.49. The van der Waals surface area contributed by atoms with Crippen LogP contribution < -0.4 is 5.32 Å². The van der Waals surface area contributed by atoms with Crippen molar-refractivity contribution in [1.29, 1.82) is 0 Å². The summed E-state index contributed by atoms with van der Waals surface area (Å²) in [6.07, 6.45) is 7.96. The molecule has 7 heteroatoms. The van der Waals surface area contributed by atoms with Crippen LogP contribution in [-0.2, 0) is 11.2 Å². The fourth-order valence-corrected chi connectivity index (χ4v) is 4.02. The van der Waals surface area contributed by atoms with Crippen LogP contribution in [0.25, 0.3) is 15.5 Å². The van der Waals surface area contributed by atoms with E-state index in [9.17, 15) is 4.79 Å². The molecule has 1 amide bonds. The highest BCUT2D eigenvalue weighted by Gasteiger charge is 2.16. The number of hydrogen-bond donors (Lipinski definition) is 1. The van der Waals surface area contributed by atoms with E-state index in [1.165, 1.54) is 30.6 Å². The van der Waals surface area contributed by atoms with Gasteiger partial charge in [-0.1, -0.05) is 48.8 Å². The summed E-state index contributed by atoms with van der Waals surface area (Å²) in [5.74, 6) is 0.109. The monoisotopic (exact) mass is 341 g/mol. The summed E-state index contributed by atoms with van der Waals surface area (Å²) in [5, 5.41) is 16.3. The number of rotatable bonds is 4. The van der Waals surface area contributed by atoms with Crippen LogP contribution in [0.15, 0.2) is 30.6 Å². The molecule has 1 N–H and O–H groups in total.